The van der Waals surface area contributed by atoms with Crippen LogP contribution >= 0.6 is 7.82 Å². The maximum Gasteiger partial charge on any atom is 0.472 e. The predicted molar refractivity (Wildman–Crippen MR) is 392 cm³/mol. The van der Waals surface area contributed by atoms with E-state index in [-0.39, 0.29) is 19.1 Å². The van der Waals surface area contributed by atoms with Crippen molar-refractivity contribution in [2.75, 3.05) is 40.9 Å². The molecule has 89 heavy (non-hydrogen) atoms. The zero-order valence-electron chi connectivity index (χ0n) is 60.2. The normalized spacial score (nSPS) is 13.8. The molecule has 0 spiro atoms. The van der Waals surface area contributed by atoms with Gasteiger partial charge in [-0.2, -0.15) is 0 Å². The quantitative estimate of drug-likeness (QED) is 0.0243. The third kappa shape index (κ3) is 73.5. The molecule has 0 aliphatic rings. The zero-order chi connectivity index (χ0) is 64.8. The molecule has 0 heterocycles. The molecule has 0 aliphatic heterocycles. The summed E-state index contributed by atoms with van der Waals surface area (Å²) in [5.74, 6) is -0.184. The second-order valence-electron chi connectivity index (χ2n) is 28.1. The van der Waals surface area contributed by atoms with Crippen LogP contribution in [0.3, 0.4) is 0 Å². The summed E-state index contributed by atoms with van der Waals surface area (Å²) in [5, 5.41) is 14.0. The van der Waals surface area contributed by atoms with Crippen LogP contribution in [0.25, 0.3) is 0 Å². The molecule has 9 heteroatoms. The molecule has 0 saturated carbocycles. The van der Waals surface area contributed by atoms with Crippen molar-refractivity contribution < 1.29 is 32.9 Å². The predicted octanol–water partition coefficient (Wildman–Crippen LogP) is 25.5. The highest BCUT2D eigenvalue weighted by atomic mass is 31.2. The number of likely N-dealkylation sites (N-methyl/N-ethyl adjacent to an activating group) is 1. The number of nitrogens with one attached hydrogen (secondary N) is 1. The van der Waals surface area contributed by atoms with Gasteiger partial charge < -0.3 is 19.8 Å². The summed E-state index contributed by atoms with van der Waals surface area (Å²) < 4.78 is 23.8. The monoisotopic (exact) mass is 1270 g/mol. The standard InChI is InChI=1S/C80H153N2O6P/c1-6-8-10-12-14-16-18-20-22-24-26-28-30-32-34-36-38-39-40-41-42-43-44-46-48-50-52-54-56-58-60-62-64-66-68-70-72-74-80(84)81-78(77-88-89(85,86)87-76-75-82(3,4)5)79(83)73-71-69-67-65-63-61-59-57-55-53-51-49-47-45-37-35-33-31-29-27-25-23-21-19-17-15-13-11-9-7-2/h18,20,24,26,55,57,63,65,71,73,78-79,83H,6-17,19,21-23,25,27-54,56,58-62,64,66-70,72,74-77H2,1-5H3,(H-,81,84,85,86)/p+1/b20-18-,26-24-,57-55+,65-63+,73-71+. The van der Waals surface area contributed by atoms with E-state index >= 15 is 0 Å². The van der Waals surface area contributed by atoms with E-state index in [9.17, 15) is 19.4 Å². The van der Waals surface area contributed by atoms with Gasteiger partial charge in [0.25, 0.3) is 0 Å². The summed E-state index contributed by atoms with van der Waals surface area (Å²) in [6, 6.07) is -0.872. The molecule has 0 aromatic rings. The van der Waals surface area contributed by atoms with Crippen molar-refractivity contribution in [3.8, 4) is 0 Å². The first-order valence-corrected chi connectivity index (χ1v) is 40.7. The summed E-state index contributed by atoms with van der Waals surface area (Å²) in [6.07, 6.45) is 98.5. The Labute approximate surface area is 555 Å². The van der Waals surface area contributed by atoms with Gasteiger partial charge in [0.05, 0.1) is 39.9 Å². The van der Waals surface area contributed by atoms with Gasteiger partial charge in [-0.15, -0.1) is 0 Å². The van der Waals surface area contributed by atoms with Crippen LogP contribution < -0.4 is 5.32 Å². The fourth-order valence-corrected chi connectivity index (χ4v) is 12.6. The first-order chi connectivity index (χ1) is 43.5. The topological polar surface area (TPSA) is 105 Å². The Morgan fingerprint density at radius 1 is 0.382 bits per heavy atom. The van der Waals surface area contributed by atoms with Crippen LogP contribution in [0.2, 0.25) is 0 Å². The molecular weight excluding hydrogens is 1120 g/mol. The number of phosphoric ester groups is 1. The van der Waals surface area contributed by atoms with Crippen molar-refractivity contribution in [1.82, 2.24) is 5.32 Å². The number of aliphatic hydroxyl groups excluding tert-OH is 1. The number of carbonyl (C=O) groups excluding carboxylic acids is 1. The number of hydrogen-bond donors (Lipinski definition) is 3. The zero-order valence-corrected chi connectivity index (χ0v) is 61.1. The second kappa shape index (κ2) is 70.5. The van der Waals surface area contributed by atoms with Gasteiger partial charge in [-0.1, -0.05) is 370 Å². The Bertz CT molecular complexity index is 1640. The summed E-state index contributed by atoms with van der Waals surface area (Å²) in [5.41, 5.74) is 0. The summed E-state index contributed by atoms with van der Waals surface area (Å²) >= 11 is 0. The highest BCUT2D eigenvalue weighted by Gasteiger charge is 2.28. The third-order valence-electron chi connectivity index (χ3n) is 17.9. The van der Waals surface area contributed by atoms with Crippen LogP contribution in [-0.4, -0.2) is 73.4 Å². The fourth-order valence-electron chi connectivity index (χ4n) is 11.9. The van der Waals surface area contributed by atoms with Crippen LogP contribution in [0.4, 0.5) is 0 Å². The summed E-state index contributed by atoms with van der Waals surface area (Å²) in [7, 11) is 1.56. The van der Waals surface area contributed by atoms with E-state index in [1.807, 2.05) is 27.2 Å². The average Bonchev–Trinajstić information content (AvgIpc) is 3.57. The average molecular weight is 1270 g/mol. The first kappa shape index (κ1) is 87.2. The molecular formula is C80H154N2O6P+. The summed E-state index contributed by atoms with van der Waals surface area (Å²) in [4.78, 5) is 23.5. The second-order valence-corrected chi connectivity index (χ2v) is 29.5. The van der Waals surface area contributed by atoms with Crippen molar-refractivity contribution in [2.24, 2.45) is 0 Å². The van der Waals surface area contributed by atoms with Crippen LogP contribution in [0.1, 0.15) is 393 Å². The molecule has 0 aliphatic carbocycles. The number of nitrogens with zero attached hydrogens (tertiary/aromatic N) is 1. The van der Waals surface area contributed by atoms with Gasteiger partial charge in [0.15, 0.2) is 0 Å². The van der Waals surface area contributed by atoms with Gasteiger partial charge in [-0.3, -0.25) is 13.8 Å². The molecule has 1 amide bonds. The molecule has 0 fully saturated rings. The largest absolute Gasteiger partial charge is 0.472 e. The van der Waals surface area contributed by atoms with Gasteiger partial charge in [0.1, 0.15) is 13.2 Å². The molecule has 524 valence electrons. The molecule has 0 rings (SSSR count). The number of carbonyl (C=O) groups is 1. The molecule has 3 atom stereocenters. The van der Waals surface area contributed by atoms with Gasteiger partial charge in [-0.25, -0.2) is 4.57 Å². The highest BCUT2D eigenvalue weighted by molar-refractivity contribution is 7.47. The number of quaternary nitrogens is 1. The Hall–Kier alpha value is -1.80. The minimum atomic E-state index is -4.37. The van der Waals surface area contributed by atoms with E-state index in [4.69, 9.17) is 9.05 Å². The molecule has 0 bridgehead atoms. The number of aliphatic hydroxyl groups is 1. The first-order valence-electron chi connectivity index (χ1n) is 39.2. The Morgan fingerprint density at radius 2 is 0.652 bits per heavy atom. The summed E-state index contributed by atoms with van der Waals surface area (Å²) in [6.45, 7) is 4.83. The van der Waals surface area contributed by atoms with E-state index in [1.54, 1.807) is 6.08 Å². The Morgan fingerprint density at radius 3 is 0.966 bits per heavy atom. The van der Waals surface area contributed by atoms with Gasteiger partial charge in [0, 0.05) is 6.42 Å². The van der Waals surface area contributed by atoms with Crippen LogP contribution in [0.15, 0.2) is 60.8 Å². The number of allylic oxidation sites excluding steroid dienone is 9. The molecule has 8 nitrogen and oxygen atoms in total. The minimum absolute atomic E-state index is 0.0542. The molecule has 0 aromatic heterocycles. The lowest BCUT2D eigenvalue weighted by atomic mass is 10.0. The molecule has 0 saturated heterocycles. The van der Waals surface area contributed by atoms with Crippen LogP contribution in [-0.2, 0) is 18.4 Å². The van der Waals surface area contributed by atoms with Crippen molar-refractivity contribution in [1.29, 1.82) is 0 Å². The van der Waals surface area contributed by atoms with Crippen molar-refractivity contribution in [2.45, 2.75) is 405 Å². The number of phosphoric acid groups is 1. The van der Waals surface area contributed by atoms with Gasteiger partial charge >= 0.3 is 7.82 Å². The van der Waals surface area contributed by atoms with E-state index in [0.29, 0.717) is 17.4 Å². The number of amides is 1. The Balaban J connectivity index is 4.01. The van der Waals surface area contributed by atoms with E-state index < -0.39 is 20.0 Å². The maximum atomic E-state index is 13.1. The van der Waals surface area contributed by atoms with Crippen molar-refractivity contribution >= 4 is 13.7 Å². The number of rotatable bonds is 73. The molecule has 3 unspecified atom stereocenters. The molecule has 0 aromatic carbocycles. The van der Waals surface area contributed by atoms with Crippen LogP contribution in [0, 0.1) is 0 Å². The molecule has 3 N–H and O–H groups in total. The van der Waals surface area contributed by atoms with Crippen LogP contribution in [0.5, 0.6) is 0 Å². The van der Waals surface area contributed by atoms with Crippen molar-refractivity contribution in [3.05, 3.63) is 60.8 Å². The van der Waals surface area contributed by atoms with Crippen molar-refractivity contribution in [3.63, 3.8) is 0 Å². The number of hydrogen-bond acceptors (Lipinski definition) is 5. The minimum Gasteiger partial charge on any atom is -0.387 e. The van der Waals surface area contributed by atoms with Gasteiger partial charge in [0.2, 0.25) is 5.91 Å². The lowest BCUT2D eigenvalue weighted by molar-refractivity contribution is -0.870. The van der Waals surface area contributed by atoms with E-state index in [1.165, 1.54) is 321 Å². The molecule has 0 radical (unpaired) electrons. The lowest BCUT2D eigenvalue weighted by Crippen LogP contribution is -2.45. The van der Waals surface area contributed by atoms with Gasteiger partial charge in [-0.05, 0) is 77.0 Å². The third-order valence-corrected chi connectivity index (χ3v) is 18.9. The maximum absolute atomic E-state index is 13.1. The lowest BCUT2D eigenvalue weighted by Gasteiger charge is -2.25. The fraction of sp³-hybridized carbons (Fsp3) is 0.863. The Kier molecular flexibility index (Phi) is 69.1. The highest BCUT2D eigenvalue weighted by Crippen LogP contribution is 2.43. The van der Waals surface area contributed by atoms with E-state index in [0.717, 1.165) is 51.4 Å². The number of unbranched alkanes of at least 4 members (excludes halogenated alkanes) is 52. The van der Waals surface area contributed by atoms with E-state index in [2.05, 4.69) is 67.8 Å². The smallest absolute Gasteiger partial charge is 0.387 e. The SMILES string of the molecule is CCCCCCC/C=C\C/C=C\CCCCCCCCCCCCCCCCCCCCCCCCCCCC(=O)NC(COP(=O)(O)OCC[N+](C)(C)C)C(O)/C=C/CC/C=C/CC/C=C/CCCCCCCCCCCCCCCCCCCCCC.